The number of halogens is 1. The SMILES string of the molecule is COc1ccc(Nc2ccnc(C(=O)NCCCc3ccccc3)c2)cc1Cl. The van der Waals surface area contributed by atoms with Gasteiger partial charge in [0.05, 0.1) is 12.1 Å². The molecule has 0 unspecified atom stereocenters. The Hall–Kier alpha value is -3.05. The minimum absolute atomic E-state index is 0.190. The van der Waals surface area contributed by atoms with Crippen LogP contribution < -0.4 is 15.4 Å². The second-order valence-electron chi connectivity index (χ2n) is 6.25. The molecule has 0 saturated carbocycles. The number of benzene rings is 2. The smallest absolute Gasteiger partial charge is 0.269 e. The molecule has 2 aromatic carbocycles. The lowest BCUT2D eigenvalue weighted by molar-refractivity contribution is 0.0948. The van der Waals surface area contributed by atoms with Crippen LogP contribution in [0.2, 0.25) is 5.02 Å². The Balaban J connectivity index is 1.54. The lowest BCUT2D eigenvalue weighted by Crippen LogP contribution is -2.25. The summed E-state index contributed by atoms with van der Waals surface area (Å²) in [4.78, 5) is 16.5. The van der Waals surface area contributed by atoms with E-state index in [1.54, 1.807) is 37.6 Å². The van der Waals surface area contributed by atoms with Crippen molar-refractivity contribution in [3.05, 3.63) is 83.1 Å². The Morgan fingerprint density at radius 2 is 1.86 bits per heavy atom. The normalized spacial score (nSPS) is 10.4. The zero-order valence-electron chi connectivity index (χ0n) is 15.6. The zero-order valence-corrected chi connectivity index (χ0v) is 16.4. The van der Waals surface area contributed by atoms with Crippen LogP contribution in [0.3, 0.4) is 0 Å². The Bertz CT molecular complexity index is 932. The minimum Gasteiger partial charge on any atom is -0.495 e. The number of carbonyl (C=O) groups excluding carboxylic acids is 1. The van der Waals surface area contributed by atoms with Crippen molar-refractivity contribution in [1.29, 1.82) is 0 Å². The van der Waals surface area contributed by atoms with E-state index in [0.29, 0.717) is 23.0 Å². The first-order chi connectivity index (χ1) is 13.7. The van der Waals surface area contributed by atoms with Gasteiger partial charge in [-0.15, -0.1) is 0 Å². The van der Waals surface area contributed by atoms with Crippen molar-refractivity contribution in [3.63, 3.8) is 0 Å². The molecule has 0 bridgehead atoms. The van der Waals surface area contributed by atoms with Gasteiger partial charge >= 0.3 is 0 Å². The number of pyridine rings is 1. The quantitative estimate of drug-likeness (QED) is 0.535. The van der Waals surface area contributed by atoms with E-state index in [2.05, 4.69) is 27.8 Å². The van der Waals surface area contributed by atoms with E-state index in [1.807, 2.05) is 24.3 Å². The van der Waals surface area contributed by atoms with Crippen LogP contribution in [-0.4, -0.2) is 24.5 Å². The third kappa shape index (κ3) is 5.47. The summed E-state index contributed by atoms with van der Waals surface area (Å²) in [6.45, 7) is 0.598. The Morgan fingerprint density at radius 3 is 2.61 bits per heavy atom. The number of nitrogens with zero attached hydrogens (tertiary/aromatic N) is 1. The summed E-state index contributed by atoms with van der Waals surface area (Å²) in [5.41, 5.74) is 3.18. The van der Waals surface area contributed by atoms with Gasteiger partial charge in [-0.05, 0) is 48.7 Å². The summed E-state index contributed by atoms with van der Waals surface area (Å²) in [7, 11) is 1.57. The van der Waals surface area contributed by atoms with Crippen LogP contribution in [0, 0.1) is 0 Å². The fourth-order valence-electron chi connectivity index (χ4n) is 2.77. The topological polar surface area (TPSA) is 63.2 Å². The highest BCUT2D eigenvalue weighted by molar-refractivity contribution is 6.32. The minimum atomic E-state index is -0.190. The van der Waals surface area contributed by atoms with Gasteiger partial charge in [-0.1, -0.05) is 41.9 Å². The first kappa shape index (κ1) is 19.7. The van der Waals surface area contributed by atoms with Gasteiger partial charge in [0.15, 0.2) is 0 Å². The maximum atomic E-state index is 12.4. The average molecular weight is 396 g/mol. The molecule has 5 nitrogen and oxygen atoms in total. The van der Waals surface area contributed by atoms with Gasteiger partial charge in [-0.25, -0.2) is 0 Å². The van der Waals surface area contributed by atoms with Crippen LogP contribution in [0.1, 0.15) is 22.5 Å². The van der Waals surface area contributed by atoms with Gasteiger partial charge in [0.25, 0.3) is 5.91 Å². The van der Waals surface area contributed by atoms with E-state index in [-0.39, 0.29) is 5.91 Å². The number of ether oxygens (including phenoxy) is 1. The molecule has 0 aliphatic heterocycles. The molecule has 0 radical (unpaired) electrons. The molecule has 0 aliphatic rings. The molecule has 28 heavy (non-hydrogen) atoms. The van der Waals surface area contributed by atoms with E-state index in [0.717, 1.165) is 24.2 Å². The monoisotopic (exact) mass is 395 g/mol. The molecule has 2 N–H and O–H groups in total. The van der Waals surface area contributed by atoms with Crippen LogP contribution in [0.25, 0.3) is 0 Å². The lowest BCUT2D eigenvalue weighted by atomic mass is 10.1. The van der Waals surface area contributed by atoms with Crippen molar-refractivity contribution in [3.8, 4) is 5.75 Å². The number of methoxy groups -OCH3 is 1. The van der Waals surface area contributed by atoms with Crippen molar-refractivity contribution in [2.45, 2.75) is 12.8 Å². The van der Waals surface area contributed by atoms with Gasteiger partial charge < -0.3 is 15.4 Å². The second-order valence-corrected chi connectivity index (χ2v) is 6.66. The van der Waals surface area contributed by atoms with Gasteiger partial charge in [-0.3, -0.25) is 9.78 Å². The van der Waals surface area contributed by atoms with Crippen molar-refractivity contribution < 1.29 is 9.53 Å². The molecule has 0 fully saturated rings. The van der Waals surface area contributed by atoms with Gasteiger partial charge in [-0.2, -0.15) is 0 Å². The van der Waals surface area contributed by atoms with Crippen LogP contribution in [0.5, 0.6) is 5.75 Å². The molecule has 1 heterocycles. The molecule has 0 spiro atoms. The third-order valence-corrected chi connectivity index (χ3v) is 4.50. The number of nitrogens with one attached hydrogen (secondary N) is 2. The molecule has 1 amide bonds. The summed E-state index contributed by atoms with van der Waals surface area (Å²) >= 11 is 6.15. The summed E-state index contributed by atoms with van der Waals surface area (Å²) in [5, 5.41) is 6.65. The predicted octanol–water partition coefficient (Wildman–Crippen LogP) is 4.85. The fourth-order valence-corrected chi connectivity index (χ4v) is 3.03. The van der Waals surface area contributed by atoms with E-state index in [1.165, 1.54) is 5.56 Å². The number of amides is 1. The van der Waals surface area contributed by atoms with Crippen LogP contribution in [-0.2, 0) is 6.42 Å². The number of hydrogen-bond acceptors (Lipinski definition) is 4. The number of carbonyl (C=O) groups is 1. The van der Waals surface area contributed by atoms with Crippen LogP contribution in [0.4, 0.5) is 11.4 Å². The molecule has 0 atom stereocenters. The molecular weight excluding hydrogens is 374 g/mol. The van der Waals surface area contributed by atoms with Crippen LogP contribution in [0.15, 0.2) is 66.9 Å². The van der Waals surface area contributed by atoms with Gasteiger partial charge in [0, 0.05) is 24.1 Å². The Labute approximate surface area is 169 Å². The van der Waals surface area contributed by atoms with E-state index < -0.39 is 0 Å². The van der Waals surface area contributed by atoms with Crippen LogP contribution >= 0.6 is 11.6 Å². The number of hydrogen-bond donors (Lipinski definition) is 2. The van der Waals surface area contributed by atoms with Crippen molar-refractivity contribution >= 4 is 28.9 Å². The summed E-state index contributed by atoms with van der Waals surface area (Å²) < 4.78 is 5.15. The fraction of sp³-hybridized carbons (Fsp3) is 0.182. The number of rotatable bonds is 8. The van der Waals surface area contributed by atoms with E-state index in [4.69, 9.17) is 16.3 Å². The summed E-state index contributed by atoms with van der Waals surface area (Å²) in [6.07, 6.45) is 3.40. The van der Waals surface area contributed by atoms with Crippen molar-refractivity contribution in [2.24, 2.45) is 0 Å². The van der Waals surface area contributed by atoms with Gasteiger partial charge in [0.2, 0.25) is 0 Å². The summed E-state index contributed by atoms with van der Waals surface area (Å²) in [5.74, 6) is 0.419. The number of aryl methyl sites for hydroxylation is 1. The zero-order chi connectivity index (χ0) is 19.8. The third-order valence-electron chi connectivity index (χ3n) is 4.20. The van der Waals surface area contributed by atoms with E-state index >= 15 is 0 Å². The molecule has 3 rings (SSSR count). The highest BCUT2D eigenvalue weighted by atomic mass is 35.5. The highest BCUT2D eigenvalue weighted by Gasteiger charge is 2.08. The molecule has 0 aliphatic carbocycles. The number of anilines is 2. The predicted molar refractivity (Wildman–Crippen MR) is 113 cm³/mol. The lowest BCUT2D eigenvalue weighted by Gasteiger charge is -2.10. The average Bonchev–Trinajstić information content (AvgIpc) is 2.72. The van der Waals surface area contributed by atoms with E-state index in [9.17, 15) is 4.79 Å². The molecule has 0 saturated heterocycles. The Kier molecular flexibility index (Phi) is 6.87. The second kappa shape index (κ2) is 9.76. The first-order valence-corrected chi connectivity index (χ1v) is 9.42. The summed E-state index contributed by atoms with van der Waals surface area (Å²) in [6, 6.07) is 19.1. The maximum absolute atomic E-state index is 12.4. The standard InChI is InChI=1S/C22H22ClN3O2/c1-28-21-10-9-17(14-19(21)23)26-18-11-13-24-20(15-18)22(27)25-12-5-8-16-6-3-2-4-7-16/h2-4,6-7,9-11,13-15H,5,8,12H2,1H3,(H,24,26)(H,25,27). The molecular formula is C22H22ClN3O2. The largest absolute Gasteiger partial charge is 0.495 e. The molecule has 1 aromatic heterocycles. The molecule has 6 heteroatoms. The number of aromatic nitrogens is 1. The Morgan fingerprint density at radius 1 is 1.07 bits per heavy atom. The maximum Gasteiger partial charge on any atom is 0.269 e. The van der Waals surface area contributed by atoms with Crippen molar-refractivity contribution in [1.82, 2.24) is 10.3 Å². The molecule has 144 valence electrons. The van der Waals surface area contributed by atoms with Crippen molar-refractivity contribution in [2.75, 3.05) is 19.0 Å². The van der Waals surface area contributed by atoms with Gasteiger partial charge in [0.1, 0.15) is 11.4 Å². The molecule has 3 aromatic rings. The first-order valence-electron chi connectivity index (χ1n) is 9.04. The highest BCUT2D eigenvalue weighted by Crippen LogP contribution is 2.28.